The topological polar surface area (TPSA) is 13.1 Å². The molecule has 0 aliphatic heterocycles. The summed E-state index contributed by atoms with van der Waals surface area (Å²) in [6.07, 6.45) is 0. The largest absolute Gasteiger partial charge is 0.455 e. The quantitative estimate of drug-likeness (QED) is 0.152. The molecule has 13 rings (SSSR count). The molecule has 302 valence electrons. The van der Waals surface area contributed by atoms with Gasteiger partial charge in [0.2, 0.25) is 0 Å². The van der Waals surface area contributed by atoms with Crippen LogP contribution in [0.4, 0.5) is 0 Å². The number of benzene rings is 10. The van der Waals surface area contributed by atoms with Crippen molar-refractivity contribution in [2.24, 2.45) is 0 Å². The van der Waals surface area contributed by atoms with Crippen LogP contribution in [0.2, 0.25) is 0 Å². The lowest BCUT2D eigenvalue weighted by molar-refractivity contribution is 0.659. The minimum atomic E-state index is -0.502. The minimum absolute atomic E-state index is 0.110. The predicted octanol–water partition coefficient (Wildman–Crippen LogP) is 16.3. The number of fused-ring (bicyclic) bond motifs is 10. The summed E-state index contributed by atoms with van der Waals surface area (Å²) < 4.78 is 7.46. The summed E-state index contributed by atoms with van der Waals surface area (Å²) in [5, 5.41) is 4.67. The van der Waals surface area contributed by atoms with Crippen LogP contribution >= 0.6 is 0 Å². The third-order valence-electron chi connectivity index (χ3n) is 14.7. The fraction of sp³-hybridized carbons (Fsp3) is 0.0794. The molecule has 0 spiro atoms. The van der Waals surface area contributed by atoms with E-state index in [9.17, 15) is 0 Å². The van der Waals surface area contributed by atoms with E-state index in [1.807, 2.05) is 0 Å². The molecule has 0 saturated heterocycles. The Morgan fingerprint density at radius 1 is 0.375 bits per heavy atom. The Hall–Kier alpha value is -7.74. The number of furan rings is 1. The van der Waals surface area contributed by atoms with E-state index in [1.54, 1.807) is 0 Å². The van der Waals surface area contributed by atoms with E-state index >= 15 is 0 Å². The third-order valence-corrected chi connectivity index (χ3v) is 14.7. The van der Waals surface area contributed by atoms with Gasteiger partial charge in [-0.25, -0.2) is 0 Å². The van der Waals surface area contributed by atoms with Gasteiger partial charge in [-0.15, -0.1) is 0 Å². The Balaban J connectivity index is 1.06. The van der Waals surface area contributed by atoms with E-state index < -0.39 is 5.41 Å². The van der Waals surface area contributed by atoms with Gasteiger partial charge in [-0.1, -0.05) is 226 Å². The number of hydrogen-bond donors (Lipinski definition) is 0. The number of rotatable bonds is 6. The summed E-state index contributed by atoms with van der Waals surface area (Å²) in [5.74, 6) is -0.110. The zero-order chi connectivity index (χ0) is 42.6. The Labute approximate surface area is 373 Å². The Bertz CT molecular complexity index is 3590. The molecule has 0 amide bonds. The van der Waals surface area contributed by atoms with Gasteiger partial charge in [-0.2, -0.15) is 0 Å². The van der Waals surface area contributed by atoms with E-state index in [0.717, 1.165) is 33.1 Å². The highest BCUT2D eigenvalue weighted by Crippen LogP contribution is 2.57. The molecule has 1 atom stereocenters. The molecule has 10 aromatic carbocycles. The molecular weight excluding hydrogens is 773 g/mol. The van der Waals surface area contributed by atoms with Gasteiger partial charge in [0.15, 0.2) is 0 Å². The van der Waals surface area contributed by atoms with Crippen LogP contribution in [-0.4, -0.2) is 0 Å². The Morgan fingerprint density at radius 2 is 0.953 bits per heavy atom. The first kappa shape index (κ1) is 36.9. The summed E-state index contributed by atoms with van der Waals surface area (Å²) in [6.45, 7) is 4.72. The fourth-order valence-corrected chi connectivity index (χ4v) is 11.8. The predicted molar refractivity (Wildman–Crippen MR) is 265 cm³/mol. The van der Waals surface area contributed by atoms with E-state index in [2.05, 4.69) is 238 Å². The fourth-order valence-electron chi connectivity index (χ4n) is 11.8. The lowest BCUT2D eigenvalue weighted by Crippen LogP contribution is -2.28. The smallest absolute Gasteiger partial charge is 0.143 e. The molecule has 0 N–H and O–H groups in total. The lowest BCUT2D eigenvalue weighted by Gasteiger charge is -2.34. The first-order valence-electron chi connectivity index (χ1n) is 22.5. The van der Waals surface area contributed by atoms with Crippen LogP contribution in [0.5, 0.6) is 0 Å². The first-order chi connectivity index (χ1) is 31.5. The van der Waals surface area contributed by atoms with Crippen molar-refractivity contribution in [1.82, 2.24) is 0 Å². The second-order valence-electron chi connectivity index (χ2n) is 18.3. The monoisotopic (exact) mass is 816 g/mol. The summed E-state index contributed by atoms with van der Waals surface area (Å²) in [4.78, 5) is 0. The van der Waals surface area contributed by atoms with Crippen LogP contribution in [0, 0.1) is 0 Å². The zero-order valence-corrected chi connectivity index (χ0v) is 35.8. The molecule has 1 unspecified atom stereocenters. The van der Waals surface area contributed by atoms with Gasteiger partial charge in [-0.05, 0) is 95.2 Å². The lowest BCUT2D eigenvalue weighted by atomic mass is 9.67. The van der Waals surface area contributed by atoms with Crippen LogP contribution < -0.4 is 0 Å². The van der Waals surface area contributed by atoms with Gasteiger partial charge < -0.3 is 4.42 Å². The average Bonchev–Trinajstić information content (AvgIpc) is 3.95. The van der Waals surface area contributed by atoms with Gasteiger partial charge in [0.25, 0.3) is 0 Å². The highest BCUT2D eigenvalue weighted by atomic mass is 16.3. The Morgan fingerprint density at radius 3 is 1.70 bits per heavy atom. The summed E-state index contributed by atoms with van der Waals surface area (Å²) in [6, 6.07) is 83.3. The molecule has 0 bridgehead atoms. The van der Waals surface area contributed by atoms with Gasteiger partial charge in [-0.3, -0.25) is 0 Å². The molecular formula is C63H44O. The maximum atomic E-state index is 7.46. The van der Waals surface area contributed by atoms with Crippen molar-refractivity contribution >= 4 is 32.7 Å². The molecule has 64 heavy (non-hydrogen) atoms. The second kappa shape index (κ2) is 13.9. The first-order valence-corrected chi connectivity index (χ1v) is 22.5. The zero-order valence-electron chi connectivity index (χ0n) is 35.8. The van der Waals surface area contributed by atoms with Crippen molar-refractivity contribution in [3.63, 3.8) is 0 Å². The molecule has 1 heterocycles. The van der Waals surface area contributed by atoms with Crippen molar-refractivity contribution in [3.8, 4) is 33.4 Å². The molecule has 2 aliphatic carbocycles. The average molecular weight is 817 g/mol. The van der Waals surface area contributed by atoms with Crippen molar-refractivity contribution in [2.75, 3.05) is 0 Å². The third kappa shape index (κ3) is 5.13. The van der Waals surface area contributed by atoms with Crippen LogP contribution in [-0.2, 0) is 10.8 Å². The summed E-state index contributed by atoms with van der Waals surface area (Å²) >= 11 is 0. The van der Waals surface area contributed by atoms with Gasteiger partial charge in [0.05, 0.1) is 5.41 Å². The van der Waals surface area contributed by atoms with E-state index in [4.69, 9.17) is 4.42 Å². The van der Waals surface area contributed by atoms with Crippen LogP contribution in [0.3, 0.4) is 0 Å². The molecule has 0 fully saturated rings. The standard InChI is InChI=1S/C63H44O/c1-62(2)54-31-16-14-27-47(54)49-35-34-43(38-56(49)62)59-46-26-13-12-21-41(46)37-53-51-29-18-30-52(60(51)64-61(53)59)58(40-19-6-3-7-20-40)42-33-36-50-48-28-15-17-32-55(48)63(57(50)39-42,44-22-8-4-9-23-44)45-24-10-5-11-25-45/h3-39,58H,1-2H3. The second-order valence-corrected chi connectivity index (χ2v) is 18.3. The van der Waals surface area contributed by atoms with Crippen molar-refractivity contribution in [1.29, 1.82) is 0 Å². The molecule has 1 nitrogen and oxygen atoms in total. The van der Waals surface area contributed by atoms with Gasteiger partial charge in [0.1, 0.15) is 11.2 Å². The van der Waals surface area contributed by atoms with E-state index in [-0.39, 0.29) is 11.3 Å². The normalized spacial score (nSPS) is 14.6. The SMILES string of the molecule is CC1(C)c2ccccc2-c2ccc(-c3c4ccccc4cc4c3oc3c(C(c5ccccc5)c5ccc6c(c5)C(c5ccccc5)(c5ccccc5)c5ccccc5-6)cccc34)cc21. The van der Waals surface area contributed by atoms with Crippen LogP contribution in [0.1, 0.15) is 69.8 Å². The van der Waals surface area contributed by atoms with E-state index in [1.165, 1.54) is 83.1 Å². The van der Waals surface area contributed by atoms with Crippen molar-refractivity contribution in [2.45, 2.75) is 30.6 Å². The van der Waals surface area contributed by atoms with Gasteiger partial charge >= 0.3 is 0 Å². The van der Waals surface area contributed by atoms with Crippen LogP contribution in [0.15, 0.2) is 229 Å². The Kier molecular flexibility index (Phi) is 8.00. The number of hydrogen-bond acceptors (Lipinski definition) is 1. The molecule has 0 saturated carbocycles. The molecule has 1 aromatic heterocycles. The number of para-hydroxylation sites is 1. The van der Waals surface area contributed by atoms with E-state index in [0.29, 0.717) is 0 Å². The summed E-state index contributed by atoms with van der Waals surface area (Å²) in [5.41, 5.74) is 20.3. The minimum Gasteiger partial charge on any atom is -0.455 e. The highest BCUT2D eigenvalue weighted by molar-refractivity contribution is 6.19. The molecule has 0 radical (unpaired) electrons. The molecule has 11 aromatic rings. The summed E-state index contributed by atoms with van der Waals surface area (Å²) in [7, 11) is 0. The maximum Gasteiger partial charge on any atom is 0.143 e. The molecule has 1 heteroatoms. The van der Waals surface area contributed by atoms with Crippen LogP contribution in [0.25, 0.3) is 66.1 Å². The van der Waals surface area contributed by atoms with Crippen molar-refractivity contribution < 1.29 is 4.42 Å². The highest BCUT2D eigenvalue weighted by Gasteiger charge is 2.46. The maximum absolute atomic E-state index is 7.46. The van der Waals surface area contributed by atoms with Gasteiger partial charge in [0, 0.05) is 33.2 Å². The van der Waals surface area contributed by atoms with Crippen molar-refractivity contribution in [3.05, 3.63) is 275 Å². The molecule has 2 aliphatic rings.